The minimum Gasteiger partial charge on any atom is -0.465 e. The number of nitrogens with zero attached hydrogens (tertiary/aromatic N) is 2. The third-order valence-corrected chi connectivity index (χ3v) is 7.20. The molecule has 8 nitrogen and oxygen atoms in total. The summed E-state index contributed by atoms with van der Waals surface area (Å²) in [6, 6.07) is 32.2. The van der Waals surface area contributed by atoms with Crippen LogP contribution in [0.3, 0.4) is 0 Å². The third kappa shape index (κ3) is 6.82. The van der Waals surface area contributed by atoms with E-state index in [1.807, 2.05) is 104 Å². The minimum atomic E-state index is -0.475. The molecule has 1 aliphatic heterocycles. The Morgan fingerprint density at radius 2 is 1.51 bits per heavy atom. The van der Waals surface area contributed by atoms with Crippen molar-refractivity contribution in [2.45, 2.75) is 13.0 Å². The Morgan fingerprint density at radius 1 is 0.837 bits per heavy atom. The molecule has 4 aromatic rings. The molecule has 8 heteroatoms. The zero-order valence-corrected chi connectivity index (χ0v) is 24.5. The lowest BCUT2D eigenvalue weighted by Crippen LogP contribution is -2.32. The topological polar surface area (TPSA) is 91.0 Å². The number of fused-ring (bicyclic) bond motifs is 1. The minimum absolute atomic E-state index is 0.0379. The zero-order chi connectivity index (χ0) is 30.3. The summed E-state index contributed by atoms with van der Waals surface area (Å²) in [5.74, 6) is -0.714. The lowest BCUT2D eigenvalue weighted by molar-refractivity contribution is -0.119. The Hall–Kier alpha value is -5.21. The maximum absolute atomic E-state index is 13.3. The number of anilines is 3. The highest BCUT2D eigenvalue weighted by atomic mass is 16.5. The van der Waals surface area contributed by atoms with Gasteiger partial charge >= 0.3 is 5.97 Å². The molecule has 0 radical (unpaired) electrons. The number of nitrogens with one attached hydrogen (secondary N) is 2. The Balaban J connectivity index is 1.48. The first-order chi connectivity index (χ1) is 20.8. The molecule has 0 saturated heterocycles. The molecule has 1 aliphatic rings. The van der Waals surface area contributed by atoms with Crippen molar-refractivity contribution in [1.29, 1.82) is 0 Å². The van der Waals surface area contributed by atoms with Crippen LogP contribution in [-0.4, -0.2) is 50.4 Å². The molecule has 0 bridgehead atoms. The Bertz CT molecular complexity index is 1650. The maximum atomic E-state index is 13.3. The van der Waals surface area contributed by atoms with E-state index in [4.69, 9.17) is 4.74 Å². The summed E-state index contributed by atoms with van der Waals surface area (Å²) in [6.07, 6.45) is 0.399. The molecule has 0 saturated carbocycles. The number of methoxy groups -OCH3 is 1. The largest absolute Gasteiger partial charge is 0.465 e. The average Bonchev–Trinajstić information content (AvgIpc) is 3.36. The summed E-state index contributed by atoms with van der Waals surface area (Å²) in [5.41, 5.74) is 6.07. The van der Waals surface area contributed by atoms with Gasteiger partial charge in [-0.1, -0.05) is 66.7 Å². The molecular formula is C35H34N4O4. The second kappa shape index (κ2) is 13.2. The van der Waals surface area contributed by atoms with E-state index in [9.17, 15) is 14.4 Å². The van der Waals surface area contributed by atoms with Gasteiger partial charge in [-0.2, -0.15) is 0 Å². The fourth-order valence-corrected chi connectivity index (χ4v) is 4.96. The number of hydrogen-bond acceptors (Lipinski definition) is 6. The molecule has 0 spiro atoms. The van der Waals surface area contributed by atoms with E-state index in [-0.39, 0.29) is 11.8 Å². The number of hydrogen-bond donors (Lipinski definition) is 2. The molecule has 5 rings (SSSR count). The van der Waals surface area contributed by atoms with Gasteiger partial charge in [0.05, 0.1) is 36.2 Å². The van der Waals surface area contributed by atoms with Crippen molar-refractivity contribution in [2.24, 2.45) is 0 Å². The number of ether oxygens (including phenoxy) is 1. The van der Waals surface area contributed by atoms with Crippen molar-refractivity contribution in [3.63, 3.8) is 0 Å². The summed E-state index contributed by atoms with van der Waals surface area (Å²) in [4.78, 5) is 42.5. The molecule has 2 N–H and O–H groups in total. The van der Waals surface area contributed by atoms with Crippen molar-refractivity contribution in [2.75, 3.05) is 43.3 Å². The van der Waals surface area contributed by atoms with Gasteiger partial charge in [0, 0.05) is 29.9 Å². The Kier molecular flexibility index (Phi) is 8.98. The van der Waals surface area contributed by atoms with Crippen LogP contribution in [0.25, 0.3) is 11.3 Å². The van der Waals surface area contributed by atoms with Gasteiger partial charge in [-0.3, -0.25) is 9.59 Å². The van der Waals surface area contributed by atoms with Crippen LogP contribution in [0.2, 0.25) is 0 Å². The highest BCUT2D eigenvalue weighted by Crippen LogP contribution is 2.38. The van der Waals surface area contributed by atoms with E-state index < -0.39 is 5.97 Å². The molecule has 0 fully saturated rings. The van der Waals surface area contributed by atoms with Gasteiger partial charge in [0.25, 0.3) is 5.91 Å². The number of rotatable bonds is 10. The number of esters is 1. The van der Waals surface area contributed by atoms with Gasteiger partial charge in [-0.25, -0.2) is 4.79 Å². The average molecular weight is 575 g/mol. The van der Waals surface area contributed by atoms with Gasteiger partial charge < -0.3 is 25.2 Å². The van der Waals surface area contributed by atoms with Gasteiger partial charge in [-0.15, -0.1) is 0 Å². The number of benzene rings is 4. The monoisotopic (exact) mass is 574 g/mol. The molecule has 218 valence electrons. The lowest BCUT2D eigenvalue weighted by Gasteiger charge is -2.24. The summed E-state index contributed by atoms with van der Waals surface area (Å²) in [6.45, 7) is 1.12. The highest BCUT2D eigenvalue weighted by Gasteiger charge is 2.29. The summed E-state index contributed by atoms with van der Waals surface area (Å²) < 4.78 is 4.84. The molecule has 2 amide bonds. The second-order valence-corrected chi connectivity index (χ2v) is 10.5. The summed E-state index contributed by atoms with van der Waals surface area (Å²) >= 11 is 0. The van der Waals surface area contributed by atoms with Crippen molar-refractivity contribution in [1.82, 2.24) is 4.90 Å². The fraction of sp³-hybridized carbons (Fsp3) is 0.171. The van der Waals surface area contributed by atoms with Gasteiger partial charge in [0.1, 0.15) is 0 Å². The smallest absolute Gasteiger partial charge is 0.337 e. The SMILES string of the molecule is COC(=O)c1ccc2c(c1)NC(=O)/C2=C(\Nc1ccc(N(Cc2ccccc2)C(=O)CCN(C)C)cc1)c1ccccc1. The van der Waals surface area contributed by atoms with E-state index in [0.717, 1.165) is 22.5 Å². The predicted molar refractivity (Wildman–Crippen MR) is 171 cm³/mol. The van der Waals surface area contributed by atoms with Crippen LogP contribution in [0, 0.1) is 0 Å². The number of carbonyl (C=O) groups is 3. The van der Waals surface area contributed by atoms with Gasteiger partial charge in [0.15, 0.2) is 0 Å². The molecule has 1 heterocycles. The van der Waals surface area contributed by atoms with Crippen molar-refractivity contribution >= 4 is 46.1 Å². The van der Waals surface area contributed by atoms with Crippen LogP contribution in [0.15, 0.2) is 103 Å². The van der Waals surface area contributed by atoms with Crippen LogP contribution in [0.4, 0.5) is 17.1 Å². The van der Waals surface area contributed by atoms with E-state index in [2.05, 4.69) is 10.6 Å². The second-order valence-electron chi connectivity index (χ2n) is 10.5. The quantitative estimate of drug-likeness (QED) is 0.181. The lowest BCUT2D eigenvalue weighted by atomic mass is 9.99. The first kappa shape index (κ1) is 29.3. The van der Waals surface area contributed by atoms with Crippen LogP contribution in [-0.2, 0) is 20.9 Å². The van der Waals surface area contributed by atoms with Crippen LogP contribution < -0.4 is 15.5 Å². The van der Waals surface area contributed by atoms with Gasteiger partial charge in [0.2, 0.25) is 5.91 Å². The third-order valence-electron chi connectivity index (χ3n) is 7.20. The normalized spacial score (nSPS) is 13.3. The molecule has 4 aromatic carbocycles. The standard InChI is InChI=1S/C35H34N4O4/c1-38(2)21-20-31(40)39(23-24-10-6-4-7-11-24)28-17-15-27(16-18-28)36-33(25-12-8-5-9-13-25)32-29-19-14-26(35(42)43-3)22-30(29)37-34(32)41/h4-19,22,36H,20-21,23H2,1-3H3,(H,37,41)/b33-32-. The fourth-order valence-electron chi connectivity index (χ4n) is 4.96. The summed E-state index contributed by atoms with van der Waals surface area (Å²) in [5, 5.41) is 6.35. The Labute approximate surface area is 251 Å². The number of carbonyl (C=O) groups excluding carboxylic acids is 3. The summed E-state index contributed by atoms with van der Waals surface area (Å²) in [7, 11) is 5.23. The molecule has 0 atom stereocenters. The van der Waals surface area contributed by atoms with E-state index >= 15 is 0 Å². The zero-order valence-electron chi connectivity index (χ0n) is 24.5. The number of amides is 2. The van der Waals surface area contributed by atoms with Crippen molar-refractivity contribution in [3.05, 3.63) is 125 Å². The molecule has 0 unspecified atom stereocenters. The van der Waals surface area contributed by atoms with Crippen molar-refractivity contribution < 1.29 is 19.1 Å². The van der Waals surface area contributed by atoms with E-state index in [1.165, 1.54) is 7.11 Å². The first-order valence-electron chi connectivity index (χ1n) is 14.0. The molecule has 0 aromatic heterocycles. The Morgan fingerprint density at radius 3 is 2.16 bits per heavy atom. The molecule has 43 heavy (non-hydrogen) atoms. The molecule has 0 aliphatic carbocycles. The van der Waals surface area contributed by atoms with Crippen molar-refractivity contribution in [3.8, 4) is 0 Å². The van der Waals surface area contributed by atoms with Crippen LogP contribution >= 0.6 is 0 Å². The molecular weight excluding hydrogens is 540 g/mol. The maximum Gasteiger partial charge on any atom is 0.337 e. The van der Waals surface area contributed by atoms with E-state index in [1.54, 1.807) is 23.1 Å². The highest BCUT2D eigenvalue weighted by molar-refractivity contribution is 6.37. The van der Waals surface area contributed by atoms with Gasteiger partial charge in [-0.05, 0) is 61.6 Å². The van der Waals surface area contributed by atoms with Crippen LogP contribution in [0.5, 0.6) is 0 Å². The predicted octanol–water partition coefficient (Wildman–Crippen LogP) is 5.89. The first-order valence-corrected chi connectivity index (χ1v) is 14.0. The van der Waals surface area contributed by atoms with E-state index in [0.29, 0.717) is 47.6 Å². The van der Waals surface area contributed by atoms with Crippen LogP contribution in [0.1, 0.15) is 33.5 Å².